The van der Waals surface area contributed by atoms with Crippen LogP contribution in [0.3, 0.4) is 0 Å². The van der Waals surface area contributed by atoms with Crippen LogP contribution < -0.4 is 0 Å². The molecule has 0 spiro atoms. The van der Waals surface area contributed by atoms with E-state index in [9.17, 15) is 0 Å². The van der Waals surface area contributed by atoms with Crippen molar-refractivity contribution < 1.29 is 4.74 Å². The molecule has 1 nitrogen and oxygen atoms in total. The first kappa shape index (κ1) is 5.53. The topological polar surface area (TPSA) is 9.23 Å². The van der Waals surface area contributed by atoms with Crippen molar-refractivity contribution in [3.63, 3.8) is 0 Å². The molecule has 0 N–H and O–H groups in total. The molecular formula is C5H11OP. The second-order valence-electron chi connectivity index (χ2n) is 2.10. The molecule has 1 rings (SSSR count). The van der Waals surface area contributed by atoms with Gasteiger partial charge in [0, 0.05) is 6.61 Å². The van der Waals surface area contributed by atoms with Crippen LogP contribution in [0.2, 0.25) is 0 Å². The lowest BCUT2D eigenvalue weighted by atomic mass is 10.2. The fourth-order valence-corrected chi connectivity index (χ4v) is 1.05. The molecule has 1 fully saturated rings. The largest absolute Gasteiger partial charge is 0.374 e. The molecule has 1 heterocycles. The van der Waals surface area contributed by atoms with Crippen molar-refractivity contribution in [2.24, 2.45) is 5.92 Å². The van der Waals surface area contributed by atoms with Crippen molar-refractivity contribution in [3.05, 3.63) is 0 Å². The van der Waals surface area contributed by atoms with E-state index in [2.05, 4.69) is 16.2 Å². The number of ether oxygens (including phenoxy) is 1. The minimum atomic E-state index is 0.431. The summed E-state index contributed by atoms with van der Waals surface area (Å²) in [6.45, 7) is 3.17. The quantitative estimate of drug-likeness (QED) is 0.435. The summed E-state index contributed by atoms with van der Waals surface area (Å²) in [6, 6.07) is 0. The molecule has 1 aliphatic rings. The molecular weight excluding hydrogens is 107 g/mol. The zero-order valence-electron chi connectivity index (χ0n) is 4.55. The van der Waals surface area contributed by atoms with E-state index < -0.39 is 0 Å². The van der Waals surface area contributed by atoms with Gasteiger partial charge in [0.15, 0.2) is 0 Å². The highest BCUT2D eigenvalue weighted by Gasteiger charge is 2.18. The molecule has 0 amide bonds. The van der Waals surface area contributed by atoms with Crippen molar-refractivity contribution in [1.82, 2.24) is 0 Å². The number of rotatable bonds is 0. The van der Waals surface area contributed by atoms with Crippen LogP contribution >= 0.6 is 9.24 Å². The van der Waals surface area contributed by atoms with Crippen LogP contribution in [0.4, 0.5) is 0 Å². The van der Waals surface area contributed by atoms with Gasteiger partial charge in [0.05, 0.1) is 5.85 Å². The zero-order valence-corrected chi connectivity index (χ0v) is 5.71. The Balaban J connectivity index is 2.33. The van der Waals surface area contributed by atoms with Crippen LogP contribution in [0.25, 0.3) is 0 Å². The van der Waals surface area contributed by atoms with Gasteiger partial charge in [0.25, 0.3) is 0 Å². The van der Waals surface area contributed by atoms with Gasteiger partial charge in [-0.05, 0) is 12.3 Å². The first-order valence-electron chi connectivity index (χ1n) is 2.68. The van der Waals surface area contributed by atoms with Gasteiger partial charge in [-0.15, -0.1) is 9.24 Å². The third-order valence-corrected chi connectivity index (χ3v) is 2.29. The van der Waals surface area contributed by atoms with Crippen LogP contribution in [0.1, 0.15) is 13.3 Å². The highest BCUT2D eigenvalue weighted by Crippen LogP contribution is 2.24. The van der Waals surface area contributed by atoms with Crippen molar-refractivity contribution in [3.8, 4) is 0 Å². The minimum Gasteiger partial charge on any atom is -0.374 e. The van der Waals surface area contributed by atoms with Crippen molar-refractivity contribution >= 4 is 9.24 Å². The van der Waals surface area contributed by atoms with E-state index in [1.807, 2.05) is 0 Å². The molecule has 0 aromatic rings. The second kappa shape index (κ2) is 2.11. The Kier molecular flexibility index (Phi) is 1.66. The van der Waals surface area contributed by atoms with Gasteiger partial charge < -0.3 is 4.74 Å². The molecule has 0 saturated carbocycles. The van der Waals surface area contributed by atoms with Crippen LogP contribution in [-0.4, -0.2) is 12.5 Å². The zero-order chi connectivity index (χ0) is 5.28. The fourth-order valence-electron chi connectivity index (χ4n) is 0.719. The maximum absolute atomic E-state index is 5.23. The predicted octanol–water partition coefficient (Wildman–Crippen LogP) is 1.24. The van der Waals surface area contributed by atoms with Gasteiger partial charge in [-0.3, -0.25) is 0 Å². The van der Waals surface area contributed by atoms with Crippen LogP contribution in [0, 0.1) is 5.92 Å². The summed E-state index contributed by atoms with van der Waals surface area (Å²) in [4.78, 5) is 0. The van der Waals surface area contributed by atoms with Gasteiger partial charge in [-0.2, -0.15) is 0 Å². The van der Waals surface area contributed by atoms with Gasteiger partial charge in [-0.25, -0.2) is 0 Å². The van der Waals surface area contributed by atoms with Gasteiger partial charge in [0.1, 0.15) is 0 Å². The fraction of sp³-hybridized carbons (Fsp3) is 1.00. The van der Waals surface area contributed by atoms with Crippen molar-refractivity contribution in [2.75, 3.05) is 6.61 Å². The molecule has 0 bridgehead atoms. The monoisotopic (exact) mass is 118 g/mol. The average Bonchev–Trinajstić information content (AvgIpc) is 1.91. The number of hydrogen-bond acceptors (Lipinski definition) is 1. The summed E-state index contributed by atoms with van der Waals surface area (Å²) < 4.78 is 5.23. The van der Waals surface area contributed by atoms with E-state index in [1.54, 1.807) is 0 Å². The highest BCUT2D eigenvalue weighted by molar-refractivity contribution is 7.17. The standard InChI is InChI=1S/C5H11OP/c1-4-2-3-6-5(4)7/h4-5H,2-3,7H2,1H3/t4-,5+/m0/s1. The van der Waals surface area contributed by atoms with E-state index >= 15 is 0 Å². The Morgan fingerprint density at radius 3 is 2.57 bits per heavy atom. The highest BCUT2D eigenvalue weighted by atomic mass is 31.0. The van der Waals surface area contributed by atoms with Crippen LogP contribution in [0.5, 0.6) is 0 Å². The molecule has 1 aliphatic heterocycles. The summed E-state index contributed by atoms with van der Waals surface area (Å²) >= 11 is 0. The first-order valence-corrected chi connectivity index (χ1v) is 3.34. The first-order chi connectivity index (χ1) is 3.30. The van der Waals surface area contributed by atoms with Crippen LogP contribution in [-0.2, 0) is 4.74 Å². The Morgan fingerprint density at radius 2 is 2.43 bits per heavy atom. The maximum Gasteiger partial charge on any atom is 0.0734 e. The molecule has 3 atom stereocenters. The van der Waals surface area contributed by atoms with Gasteiger partial charge >= 0.3 is 0 Å². The minimum absolute atomic E-state index is 0.431. The Labute approximate surface area is 46.6 Å². The maximum atomic E-state index is 5.23. The molecule has 7 heavy (non-hydrogen) atoms. The van der Waals surface area contributed by atoms with Crippen LogP contribution in [0.15, 0.2) is 0 Å². The molecule has 0 radical (unpaired) electrons. The van der Waals surface area contributed by atoms with E-state index in [4.69, 9.17) is 4.74 Å². The average molecular weight is 118 g/mol. The number of hydrogen-bond donors (Lipinski definition) is 0. The summed E-state index contributed by atoms with van der Waals surface area (Å²) in [5, 5.41) is 0. The van der Waals surface area contributed by atoms with Gasteiger partial charge in [0.2, 0.25) is 0 Å². The third-order valence-electron chi connectivity index (χ3n) is 1.44. The Hall–Kier alpha value is 0.390. The Bertz CT molecular complexity index is 57.1. The summed E-state index contributed by atoms with van der Waals surface area (Å²) in [7, 11) is 2.69. The molecule has 0 aromatic heterocycles. The molecule has 1 saturated heterocycles. The molecule has 42 valence electrons. The summed E-state index contributed by atoms with van der Waals surface area (Å²) in [5.74, 6) is 1.19. The van der Waals surface area contributed by atoms with E-state index in [-0.39, 0.29) is 0 Å². The predicted molar refractivity (Wildman–Crippen MR) is 33.2 cm³/mol. The van der Waals surface area contributed by atoms with E-state index in [0.29, 0.717) is 5.85 Å². The normalized spacial score (nSPS) is 42.0. The van der Waals surface area contributed by atoms with Crippen molar-refractivity contribution in [2.45, 2.75) is 19.2 Å². The van der Waals surface area contributed by atoms with E-state index in [0.717, 1.165) is 12.5 Å². The molecule has 2 heteroatoms. The molecule has 0 aromatic carbocycles. The Morgan fingerprint density at radius 1 is 1.71 bits per heavy atom. The third kappa shape index (κ3) is 1.14. The molecule has 0 aliphatic carbocycles. The SMILES string of the molecule is C[C@H]1CCO[C@@H]1P. The smallest absolute Gasteiger partial charge is 0.0734 e. The van der Waals surface area contributed by atoms with Crippen molar-refractivity contribution in [1.29, 1.82) is 0 Å². The van der Waals surface area contributed by atoms with E-state index in [1.165, 1.54) is 6.42 Å². The lowest BCUT2D eigenvalue weighted by Gasteiger charge is -2.04. The summed E-state index contributed by atoms with van der Waals surface area (Å²) in [6.07, 6.45) is 1.23. The van der Waals surface area contributed by atoms with Gasteiger partial charge in [-0.1, -0.05) is 6.92 Å². The lowest BCUT2D eigenvalue weighted by Crippen LogP contribution is -2.01. The summed E-state index contributed by atoms with van der Waals surface area (Å²) in [5.41, 5.74) is 0. The lowest BCUT2D eigenvalue weighted by molar-refractivity contribution is 0.161. The molecule has 1 unspecified atom stereocenters. The second-order valence-corrected chi connectivity index (χ2v) is 2.76.